The Morgan fingerprint density at radius 2 is 2.04 bits per heavy atom. The Morgan fingerprint density at radius 3 is 2.57 bits per heavy atom. The molecule has 0 saturated carbocycles. The van der Waals surface area contributed by atoms with E-state index in [0.717, 1.165) is 32.0 Å². The van der Waals surface area contributed by atoms with Gasteiger partial charge in [-0.15, -0.1) is 24.0 Å². The fourth-order valence-electron chi connectivity index (χ4n) is 3.13. The average Bonchev–Trinajstić information content (AvgIpc) is 3.02. The molecule has 1 N–H and O–H groups in total. The molecule has 0 amide bonds. The molecular weight excluding hydrogens is 427 g/mol. The molecule has 2 fully saturated rings. The number of likely N-dealkylation sites (tertiary alicyclic amines) is 1. The fourth-order valence-corrected chi connectivity index (χ4v) is 4.65. The molecule has 0 aliphatic carbocycles. The highest BCUT2D eigenvalue weighted by atomic mass is 127. The maximum atomic E-state index is 11.8. The van der Waals surface area contributed by atoms with Crippen molar-refractivity contribution < 1.29 is 8.42 Å². The zero-order valence-corrected chi connectivity index (χ0v) is 17.7. The molecular formula is C15H31IN4O2S. The summed E-state index contributed by atoms with van der Waals surface area (Å²) in [5, 5.41) is 3.34. The number of sulfonamides is 1. The van der Waals surface area contributed by atoms with Crippen LogP contribution in [0.1, 0.15) is 40.0 Å². The monoisotopic (exact) mass is 458 g/mol. The second-order valence-electron chi connectivity index (χ2n) is 6.64. The molecule has 2 heterocycles. The molecule has 0 radical (unpaired) electrons. The van der Waals surface area contributed by atoms with Crippen LogP contribution >= 0.6 is 24.0 Å². The number of nitrogens with one attached hydrogen (secondary N) is 1. The minimum absolute atomic E-state index is 0. The molecule has 0 bridgehead atoms. The molecule has 1 atom stereocenters. The third-order valence-corrected chi connectivity index (χ3v) is 6.82. The van der Waals surface area contributed by atoms with Gasteiger partial charge in [-0.2, -0.15) is 0 Å². The Bertz CT molecular complexity index is 512. The summed E-state index contributed by atoms with van der Waals surface area (Å²) in [6.07, 6.45) is 3.11. The second-order valence-corrected chi connectivity index (χ2v) is 8.73. The molecule has 2 saturated heterocycles. The highest BCUT2D eigenvalue weighted by molar-refractivity contribution is 14.0. The van der Waals surface area contributed by atoms with Crippen LogP contribution in [0.2, 0.25) is 0 Å². The number of hydrogen-bond donors (Lipinski definition) is 1. The minimum Gasteiger partial charge on any atom is -0.357 e. The summed E-state index contributed by atoms with van der Waals surface area (Å²) in [6.45, 7) is 11.2. The highest BCUT2D eigenvalue weighted by Gasteiger charge is 2.33. The highest BCUT2D eigenvalue weighted by Crippen LogP contribution is 2.32. The van der Waals surface area contributed by atoms with Gasteiger partial charge in [-0.25, -0.2) is 12.7 Å². The van der Waals surface area contributed by atoms with Crippen LogP contribution in [0.5, 0.6) is 0 Å². The van der Waals surface area contributed by atoms with Gasteiger partial charge in [0.2, 0.25) is 10.0 Å². The summed E-state index contributed by atoms with van der Waals surface area (Å²) in [6, 6.07) is 0. The van der Waals surface area contributed by atoms with E-state index in [2.05, 4.69) is 36.0 Å². The number of halogens is 1. The van der Waals surface area contributed by atoms with Crippen molar-refractivity contribution in [1.82, 2.24) is 14.5 Å². The van der Waals surface area contributed by atoms with Crippen molar-refractivity contribution in [3.05, 3.63) is 0 Å². The van der Waals surface area contributed by atoms with Crippen LogP contribution in [0.4, 0.5) is 0 Å². The lowest BCUT2D eigenvalue weighted by Gasteiger charge is -2.25. The van der Waals surface area contributed by atoms with Gasteiger partial charge in [-0.1, -0.05) is 13.8 Å². The third kappa shape index (κ3) is 5.45. The van der Waals surface area contributed by atoms with Gasteiger partial charge in [0.1, 0.15) is 0 Å². The Hall–Kier alpha value is -0.0900. The van der Waals surface area contributed by atoms with Gasteiger partial charge in [-0.05, 0) is 31.6 Å². The fraction of sp³-hybridized carbons (Fsp3) is 0.933. The first-order valence-corrected chi connectivity index (χ1v) is 10.0. The summed E-state index contributed by atoms with van der Waals surface area (Å²) in [7, 11) is -3.01. The maximum Gasteiger partial charge on any atom is 0.214 e. The van der Waals surface area contributed by atoms with E-state index in [0.29, 0.717) is 25.0 Å². The maximum absolute atomic E-state index is 11.8. The number of guanidine groups is 1. The van der Waals surface area contributed by atoms with Gasteiger partial charge in [-0.3, -0.25) is 4.99 Å². The van der Waals surface area contributed by atoms with Crippen molar-refractivity contribution >= 4 is 40.0 Å². The van der Waals surface area contributed by atoms with E-state index < -0.39 is 10.0 Å². The molecule has 1 unspecified atom stereocenters. The molecule has 0 spiro atoms. The first-order valence-electron chi connectivity index (χ1n) is 8.41. The topological polar surface area (TPSA) is 65.0 Å². The van der Waals surface area contributed by atoms with E-state index in [1.807, 2.05) is 0 Å². The molecule has 136 valence electrons. The predicted molar refractivity (Wildman–Crippen MR) is 106 cm³/mol. The smallest absolute Gasteiger partial charge is 0.214 e. The summed E-state index contributed by atoms with van der Waals surface area (Å²) in [4.78, 5) is 6.96. The van der Waals surface area contributed by atoms with E-state index >= 15 is 0 Å². The SMILES string of the molecule is CCNC(=NCCN1CCCS1(=O)=O)N1CCC(C)(CC)C1.I. The summed E-state index contributed by atoms with van der Waals surface area (Å²) >= 11 is 0. The number of nitrogens with zero attached hydrogens (tertiary/aromatic N) is 3. The van der Waals surface area contributed by atoms with Gasteiger partial charge < -0.3 is 10.2 Å². The van der Waals surface area contributed by atoms with E-state index in [1.54, 1.807) is 4.31 Å². The molecule has 23 heavy (non-hydrogen) atoms. The summed E-state index contributed by atoms with van der Waals surface area (Å²) in [5.74, 6) is 1.22. The minimum atomic E-state index is -3.01. The van der Waals surface area contributed by atoms with Crippen molar-refractivity contribution in [3.8, 4) is 0 Å². The van der Waals surface area contributed by atoms with Crippen LogP contribution in [-0.2, 0) is 10.0 Å². The first kappa shape index (κ1) is 21.0. The van der Waals surface area contributed by atoms with Gasteiger partial charge in [0.25, 0.3) is 0 Å². The second kappa shape index (κ2) is 8.84. The van der Waals surface area contributed by atoms with Gasteiger partial charge in [0.05, 0.1) is 12.3 Å². The van der Waals surface area contributed by atoms with Gasteiger partial charge in [0, 0.05) is 32.7 Å². The summed E-state index contributed by atoms with van der Waals surface area (Å²) in [5.41, 5.74) is 0.370. The van der Waals surface area contributed by atoms with E-state index in [1.165, 1.54) is 12.8 Å². The number of aliphatic imine (C=N–C) groups is 1. The standard InChI is InChI=1S/C15H30N4O2S.HI/c1-4-15(3)7-10-18(13-15)14(16-5-2)17-8-11-19-9-6-12-22(19,20)21;/h4-13H2,1-3H3,(H,16,17);1H. The Kier molecular flexibility index (Phi) is 8.06. The number of rotatable bonds is 5. The van der Waals surface area contributed by atoms with Crippen LogP contribution in [0.3, 0.4) is 0 Å². The lowest BCUT2D eigenvalue weighted by molar-refractivity contribution is 0.322. The van der Waals surface area contributed by atoms with E-state index in [9.17, 15) is 8.42 Å². The van der Waals surface area contributed by atoms with Crippen molar-refractivity contribution in [2.75, 3.05) is 45.0 Å². The Balaban J connectivity index is 0.00000264. The van der Waals surface area contributed by atoms with Crippen molar-refractivity contribution in [2.45, 2.75) is 40.0 Å². The van der Waals surface area contributed by atoms with Crippen molar-refractivity contribution in [2.24, 2.45) is 10.4 Å². The van der Waals surface area contributed by atoms with Crippen molar-refractivity contribution in [1.29, 1.82) is 0 Å². The molecule has 2 aliphatic heterocycles. The van der Waals surface area contributed by atoms with Crippen molar-refractivity contribution in [3.63, 3.8) is 0 Å². The van der Waals surface area contributed by atoms with E-state index in [-0.39, 0.29) is 29.7 Å². The lowest BCUT2D eigenvalue weighted by Crippen LogP contribution is -2.41. The Morgan fingerprint density at radius 1 is 1.30 bits per heavy atom. The molecule has 6 nitrogen and oxygen atoms in total. The van der Waals surface area contributed by atoms with E-state index in [4.69, 9.17) is 0 Å². The van der Waals surface area contributed by atoms with Crippen LogP contribution in [0, 0.1) is 5.41 Å². The average molecular weight is 458 g/mol. The molecule has 0 aromatic rings. The van der Waals surface area contributed by atoms with Crippen LogP contribution in [0.25, 0.3) is 0 Å². The molecule has 2 aliphatic rings. The third-order valence-electron chi connectivity index (χ3n) is 4.86. The first-order chi connectivity index (χ1) is 10.4. The van der Waals surface area contributed by atoms with Crippen LogP contribution < -0.4 is 5.32 Å². The summed E-state index contributed by atoms with van der Waals surface area (Å²) < 4.78 is 25.2. The lowest BCUT2D eigenvalue weighted by atomic mass is 9.87. The van der Waals surface area contributed by atoms with Crippen LogP contribution in [0.15, 0.2) is 4.99 Å². The van der Waals surface area contributed by atoms with Gasteiger partial charge in [0.15, 0.2) is 5.96 Å². The Labute approximate surface area is 158 Å². The van der Waals surface area contributed by atoms with Gasteiger partial charge >= 0.3 is 0 Å². The molecule has 2 rings (SSSR count). The van der Waals surface area contributed by atoms with Crippen LogP contribution in [-0.4, -0.2) is 68.6 Å². The molecule has 0 aromatic heterocycles. The zero-order chi connectivity index (χ0) is 16.2. The normalized spacial score (nSPS) is 28.0. The molecule has 0 aromatic carbocycles. The number of hydrogen-bond acceptors (Lipinski definition) is 3. The predicted octanol–water partition coefficient (Wildman–Crippen LogP) is 1.73. The quantitative estimate of drug-likeness (QED) is 0.387. The molecule has 8 heteroatoms. The zero-order valence-electron chi connectivity index (χ0n) is 14.5. The largest absolute Gasteiger partial charge is 0.357 e.